The normalized spacial score (nSPS) is 14.2. The minimum absolute atomic E-state index is 0.231. The van der Waals surface area contributed by atoms with E-state index < -0.39 is 29.9 Å². The second kappa shape index (κ2) is 10.4. The van der Waals surface area contributed by atoms with Crippen LogP contribution in [-0.2, 0) is 15.1 Å². The molecule has 184 valence electrons. The summed E-state index contributed by atoms with van der Waals surface area (Å²) in [5, 5.41) is 2.86. The van der Waals surface area contributed by atoms with Gasteiger partial charge in [-0.2, -0.15) is 0 Å². The quantitative estimate of drug-likeness (QED) is 0.369. The van der Waals surface area contributed by atoms with Gasteiger partial charge in [-0.15, -0.1) is 6.58 Å². The number of urea groups is 1. The van der Waals surface area contributed by atoms with Crippen LogP contribution >= 0.6 is 0 Å². The van der Waals surface area contributed by atoms with Crippen LogP contribution in [0.5, 0.6) is 11.5 Å². The molecule has 8 heteroatoms. The van der Waals surface area contributed by atoms with Crippen LogP contribution in [-0.4, -0.2) is 50.1 Å². The van der Waals surface area contributed by atoms with Crippen LogP contribution < -0.4 is 19.7 Å². The van der Waals surface area contributed by atoms with Gasteiger partial charge in [0, 0.05) is 12.2 Å². The Labute approximate surface area is 209 Å². The summed E-state index contributed by atoms with van der Waals surface area (Å²) in [6, 6.07) is 22.1. The fourth-order valence-electron chi connectivity index (χ4n) is 4.27. The fourth-order valence-corrected chi connectivity index (χ4v) is 4.27. The zero-order valence-electron chi connectivity index (χ0n) is 20.1. The number of hydrogen-bond donors (Lipinski definition) is 1. The van der Waals surface area contributed by atoms with E-state index in [4.69, 9.17) is 9.47 Å². The minimum Gasteiger partial charge on any atom is -0.497 e. The van der Waals surface area contributed by atoms with Crippen LogP contribution in [0.2, 0.25) is 0 Å². The molecule has 0 saturated carbocycles. The van der Waals surface area contributed by atoms with E-state index in [1.807, 2.05) is 18.2 Å². The number of amides is 4. The van der Waals surface area contributed by atoms with Crippen LogP contribution in [0.3, 0.4) is 0 Å². The van der Waals surface area contributed by atoms with Crippen molar-refractivity contribution in [1.29, 1.82) is 0 Å². The van der Waals surface area contributed by atoms with Crippen LogP contribution in [0.15, 0.2) is 91.5 Å². The molecule has 4 rings (SSSR count). The number of carbonyl (C=O) groups excluding carboxylic acids is 3. The van der Waals surface area contributed by atoms with Crippen molar-refractivity contribution in [3.63, 3.8) is 0 Å². The summed E-state index contributed by atoms with van der Waals surface area (Å²) in [7, 11) is 3.09. The molecule has 8 nitrogen and oxygen atoms in total. The maximum absolute atomic E-state index is 14.0. The Hall–Kier alpha value is -4.59. The number of carbonyl (C=O) groups is 3. The minimum atomic E-state index is -1.52. The molecule has 0 atom stereocenters. The highest BCUT2D eigenvalue weighted by Gasteiger charge is 2.54. The zero-order valence-corrected chi connectivity index (χ0v) is 20.1. The first kappa shape index (κ1) is 24.5. The molecule has 0 spiro atoms. The van der Waals surface area contributed by atoms with Crippen LogP contribution in [0, 0.1) is 0 Å². The van der Waals surface area contributed by atoms with Crippen molar-refractivity contribution in [2.45, 2.75) is 5.54 Å². The van der Waals surface area contributed by atoms with Gasteiger partial charge in [0.05, 0.1) is 14.2 Å². The predicted molar refractivity (Wildman–Crippen MR) is 136 cm³/mol. The van der Waals surface area contributed by atoms with E-state index >= 15 is 0 Å². The zero-order chi connectivity index (χ0) is 25.7. The van der Waals surface area contributed by atoms with E-state index in [1.165, 1.54) is 4.90 Å². The van der Waals surface area contributed by atoms with Gasteiger partial charge in [-0.1, -0.05) is 48.5 Å². The number of methoxy groups -OCH3 is 2. The highest BCUT2D eigenvalue weighted by atomic mass is 16.5. The average molecular weight is 486 g/mol. The molecule has 0 aliphatic carbocycles. The fraction of sp³-hybridized carbons (Fsp3) is 0.179. The van der Waals surface area contributed by atoms with E-state index in [2.05, 4.69) is 11.9 Å². The van der Waals surface area contributed by atoms with E-state index in [9.17, 15) is 14.4 Å². The van der Waals surface area contributed by atoms with Crippen LogP contribution in [0.1, 0.15) is 11.1 Å². The molecule has 0 bridgehead atoms. The van der Waals surface area contributed by atoms with Crippen molar-refractivity contribution in [1.82, 2.24) is 10.2 Å². The topological polar surface area (TPSA) is 88.2 Å². The van der Waals surface area contributed by atoms with Gasteiger partial charge in [-0.3, -0.25) is 14.5 Å². The molecule has 3 aromatic rings. The first-order chi connectivity index (χ1) is 17.4. The summed E-state index contributed by atoms with van der Waals surface area (Å²) in [5.41, 5.74) is 0.193. The van der Waals surface area contributed by atoms with Gasteiger partial charge >= 0.3 is 6.03 Å². The third-order valence-electron chi connectivity index (χ3n) is 6.13. The number of benzene rings is 3. The van der Waals surface area contributed by atoms with Gasteiger partial charge in [0.2, 0.25) is 5.91 Å². The number of ether oxygens (including phenoxy) is 2. The van der Waals surface area contributed by atoms with Gasteiger partial charge in [0.15, 0.2) is 5.54 Å². The first-order valence-corrected chi connectivity index (χ1v) is 11.3. The molecule has 36 heavy (non-hydrogen) atoms. The summed E-state index contributed by atoms with van der Waals surface area (Å²) < 4.78 is 10.5. The molecular weight excluding hydrogens is 458 g/mol. The lowest BCUT2D eigenvalue weighted by Gasteiger charge is -2.28. The third-order valence-corrected chi connectivity index (χ3v) is 6.13. The van der Waals surface area contributed by atoms with Crippen LogP contribution in [0.25, 0.3) is 0 Å². The largest absolute Gasteiger partial charge is 0.497 e. The maximum Gasteiger partial charge on any atom is 0.326 e. The number of rotatable bonds is 9. The molecule has 1 aliphatic rings. The number of imide groups is 1. The Kier molecular flexibility index (Phi) is 7.05. The van der Waals surface area contributed by atoms with Gasteiger partial charge in [0.1, 0.15) is 18.0 Å². The molecule has 4 amide bonds. The van der Waals surface area contributed by atoms with Crippen molar-refractivity contribution in [3.8, 4) is 11.5 Å². The molecule has 3 aromatic carbocycles. The first-order valence-electron chi connectivity index (χ1n) is 11.3. The molecule has 1 saturated heterocycles. The summed E-state index contributed by atoms with van der Waals surface area (Å²) in [4.78, 5) is 42.9. The molecule has 0 unspecified atom stereocenters. The van der Waals surface area contributed by atoms with Crippen molar-refractivity contribution in [2.24, 2.45) is 0 Å². The highest BCUT2D eigenvalue weighted by Crippen LogP contribution is 2.37. The van der Waals surface area contributed by atoms with Gasteiger partial charge in [0.25, 0.3) is 5.91 Å². The average Bonchev–Trinajstić information content (AvgIpc) is 3.17. The number of hydrogen-bond acceptors (Lipinski definition) is 5. The van der Waals surface area contributed by atoms with Crippen molar-refractivity contribution in [3.05, 3.63) is 103 Å². The summed E-state index contributed by atoms with van der Waals surface area (Å²) in [6.07, 6.45) is 1.59. The van der Waals surface area contributed by atoms with Gasteiger partial charge in [-0.25, -0.2) is 4.79 Å². The van der Waals surface area contributed by atoms with Crippen molar-refractivity contribution in [2.75, 3.05) is 32.2 Å². The van der Waals surface area contributed by atoms with Crippen LogP contribution in [0.4, 0.5) is 10.5 Å². The van der Waals surface area contributed by atoms with Gasteiger partial charge in [-0.05, 0) is 47.5 Å². The maximum atomic E-state index is 14.0. The monoisotopic (exact) mass is 485 g/mol. The number of anilines is 1. The Morgan fingerprint density at radius 3 is 1.92 bits per heavy atom. The molecule has 0 radical (unpaired) electrons. The van der Waals surface area contributed by atoms with E-state index in [0.29, 0.717) is 28.3 Å². The standard InChI is InChI=1S/C28H27N3O5/c1-4-18-30(22-8-6-5-7-9-22)25(32)19-31-26(33)28(29-27(31)34,20-10-14-23(35-2)15-11-20)21-12-16-24(36-3)17-13-21/h4-17H,1,18-19H2,2-3H3,(H,29,34). The second-order valence-electron chi connectivity index (χ2n) is 8.16. The number of para-hydroxylation sites is 1. The Morgan fingerprint density at radius 2 is 1.44 bits per heavy atom. The lowest BCUT2D eigenvalue weighted by molar-refractivity contribution is -0.133. The Morgan fingerprint density at radius 1 is 0.917 bits per heavy atom. The molecule has 0 aromatic heterocycles. The number of nitrogens with zero attached hydrogens (tertiary/aromatic N) is 2. The summed E-state index contributed by atoms with van der Waals surface area (Å²) in [5.74, 6) is 0.249. The summed E-state index contributed by atoms with van der Waals surface area (Å²) >= 11 is 0. The molecule has 1 fully saturated rings. The SMILES string of the molecule is C=CCN(C(=O)CN1C(=O)NC(c2ccc(OC)cc2)(c2ccc(OC)cc2)C1=O)c1ccccc1. The Balaban J connectivity index is 1.72. The summed E-state index contributed by atoms with van der Waals surface area (Å²) in [6.45, 7) is 3.53. The predicted octanol–water partition coefficient (Wildman–Crippen LogP) is 3.72. The molecule has 1 heterocycles. The Bertz CT molecular complexity index is 1210. The highest BCUT2D eigenvalue weighted by molar-refractivity contribution is 6.12. The molecule has 1 aliphatic heterocycles. The number of nitrogens with one attached hydrogen (secondary N) is 1. The van der Waals surface area contributed by atoms with E-state index in [1.54, 1.807) is 81.0 Å². The lowest BCUT2D eigenvalue weighted by Crippen LogP contribution is -2.46. The smallest absolute Gasteiger partial charge is 0.326 e. The van der Waals surface area contributed by atoms with E-state index in [0.717, 1.165) is 4.90 Å². The van der Waals surface area contributed by atoms with E-state index in [-0.39, 0.29) is 6.54 Å². The lowest BCUT2D eigenvalue weighted by atomic mass is 9.82. The third kappa shape index (κ3) is 4.40. The molecular formula is C28H27N3O5. The van der Waals surface area contributed by atoms with Gasteiger partial charge < -0.3 is 19.7 Å². The van der Waals surface area contributed by atoms with Crippen molar-refractivity contribution < 1.29 is 23.9 Å². The second-order valence-corrected chi connectivity index (χ2v) is 8.16. The van der Waals surface area contributed by atoms with Crippen molar-refractivity contribution >= 4 is 23.5 Å². The molecule has 1 N–H and O–H groups in total.